The van der Waals surface area contributed by atoms with Gasteiger partial charge in [0.15, 0.2) is 0 Å². The van der Waals surface area contributed by atoms with E-state index in [1.807, 2.05) is 50.2 Å². The number of hydrogen-bond donors (Lipinski definition) is 0. The van der Waals surface area contributed by atoms with Crippen molar-refractivity contribution in [3.8, 4) is 22.3 Å². The van der Waals surface area contributed by atoms with E-state index in [0.717, 1.165) is 80.4 Å². The zero-order valence-electron chi connectivity index (χ0n) is 31.3. The number of halogens is 4. The molecule has 2 aliphatic carbocycles. The van der Waals surface area contributed by atoms with E-state index in [0.29, 0.717) is 10.0 Å². The van der Waals surface area contributed by atoms with Gasteiger partial charge in [0.25, 0.3) is 0 Å². The van der Waals surface area contributed by atoms with E-state index in [1.54, 1.807) is 0 Å². The molecule has 0 saturated carbocycles. The summed E-state index contributed by atoms with van der Waals surface area (Å²) in [5.41, 5.74) is 12.3. The average Bonchev–Trinajstić information content (AvgIpc) is 3.95. The molecule has 274 valence electrons. The van der Waals surface area contributed by atoms with E-state index in [-0.39, 0.29) is 7.25 Å². The van der Waals surface area contributed by atoms with E-state index in [4.69, 9.17) is 49.1 Å². The van der Waals surface area contributed by atoms with Crippen LogP contribution in [0, 0.1) is 13.8 Å². The van der Waals surface area contributed by atoms with Gasteiger partial charge in [-0.3, -0.25) is 0 Å². The van der Waals surface area contributed by atoms with Crippen molar-refractivity contribution in [1.82, 2.24) is 0 Å². The minimum absolute atomic E-state index is 0.265. The molecule has 0 fully saturated rings. The van der Waals surface area contributed by atoms with Gasteiger partial charge in [0.05, 0.1) is 0 Å². The summed E-state index contributed by atoms with van der Waals surface area (Å²) in [7, 11) is 17.8. The van der Waals surface area contributed by atoms with E-state index < -0.39 is 20.4 Å². The molecule has 54 heavy (non-hydrogen) atoms. The molecule has 0 N–H and O–H groups in total. The number of hydrogen-bond acceptors (Lipinski definition) is 2. The van der Waals surface area contributed by atoms with Crippen molar-refractivity contribution in [3.63, 3.8) is 0 Å². The second kappa shape index (κ2) is 14.3. The van der Waals surface area contributed by atoms with Crippen LogP contribution in [0.15, 0.2) is 106 Å². The first-order valence-corrected chi connectivity index (χ1v) is 34.7. The molecule has 0 amide bonds. The molecule has 2 aliphatic rings. The SMILES string of the molecule is CCc1ccc2c(c1-c1cccc(Cl)c1)C=C(c1ccc(C)o1)[CH]2[Zr]([Cl])([Cl])([CH]1C(c2ccc(C)o2)=Cc2c1ccc(CC)c2-c1cccc(Cl)c1)=[Si](C)C. The van der Waals surface area contributed by atoms with Crippen molar-refractivity contribution < 1.29 is 23.8 Å². The van der Waals surface area contributed by atoms with Crippen LogP contribution in [0.25, 0.3) is 45.6 Å². The fourth-order valence-corrected chi connectivity index (χ4v) is 37.1. The van der Waals surface area contributed by atoms with Crippen LogP contribution < -0.4 is 0 Å². The Labute approximate surface area is 336 Å². The maximum absolute atomic E-state index is 8.91. The molecule has 2 unspecified atom stereocenters. The molecule has 0 saturated heterocycles. The quantitative estimate of drug-likeness (QED) is 0.142. The van der Waals surface area contributed by atoms with Crippen LogP contribution >= 0.6 is 40.2 Å². The third-order valence-corrected chi connectivity index (χ3v) is 58.4. The van der Waals surface area contributed by atoms with Gasteiger partial charge in [0.2, 0.25) is 0 Å². The van der Waals surface area contributed by atoms with Gasteiger partial charge in [-0.25, -0.2) is 0 Å². The second-order valence-corrected chi connectivity index (χ2v) is 54.6. The third kappa shape index (κ3) is 6.07. The monoisotopic (exact) mass is 884 g/mol. The Hall–Kier alpha value is -2.82. The molecule has 4 aromatic carbocycles. The summed E-state index contributed by atoms with van der Waals surface area (Å²) >= 11 is 7.89. The Morgan fingerprint density at radius 3 is 1.35 bits per heavy atom. The van der Waals surface area contributed by atoms with Gasteiger partial charge >= 0.3 is 339 Å². The number of benzene rings is 4. The predicted octanol–water partition coefficient (Wildman–Crippen LogP) is 15.4. The van der Waals surface area contributed by atoms with Crippen LogP contribution in [-0.4, -0.2) is 5.43 Å². The van der Waals surface area contributed by atoms with Crippen LogP contribution in [0.3, 0.4) is 0 Å². The summed E-state index contributed by atoms with van der Waals surface area (Å²) in [5, 5.41) is 1.40. The molecule has 2 atom stereocenters. The van der Waals surface area contributed by atoms with Crippen LogP contribution in [0.1, 0.15) is 77.5 Å². The number of allylic oxidation sites excluding steroid dienone is 2. The van der Waals surface area contributed by atoms with E-state index in [9.17, 15) is 0 Å². The Morgan fingerprint density at radius 2 is 1.02 bits per heavy atom. The average molecular weight is 888 g/mol. The Kier molecular flexibility index (Phi) is 10.1. The summed E-state index contributed by atoms with van der Waals surface area (Å²) in [4.78, 5) is 0. The van der Waals surface area contributed by atoms with Gasteiger partial charge in [-0.05, 0) is 0 Å². The Balaban J connectivity index is 1.48. The van der Waals surface area contributed by atoms with Crippen molar-refractivity contribution in [1.29, 1.82) is 0 Å². The first-order valence-electron chi connectivity index (χ1n) is 18.6. The Bertz CT molecular complexity index is 2460. The fourth-order valence-electron chi connectivity index (χ4n) is 9.04. The molecule has 2 nitrogen and oxygen atoms in total. The van der Waals surface area contributed by atoms with Gasteiger partial charge < -0.3 is 0 Å². The van der Waals surface area contributed by atoms with Crippen LogP contribution in [0.5, 0.6) is 0 Å². The topological polar surface area (TPSA) is 26.3 Å². The summed E-state index contributed by atoms with van der Waals surface area (Å²) in [5.74, 6) is 3.32. The van der Waals surface area contributed by atoms with Crippen molar-refractivity contribution in [2.75, 3.05) is 0 Å². The molecule has 8 rings (SSSR count). The Morgan fingerprint density at radius 1 is 0.593 bits per heavy atom. The minimum atomic E-state index is -5.41. The predicted molar refractivity (Wildman–Crippen MR) is 230 cm³/mol. The van der Waals surface area contributed by atoms with E-state index >= 15 is 0 Å². The number of rotatable bonds is 8. The van der Waals surface area contributed by atoms with Crippen LogP contribution in [0.4, 0.5) is 0 Å². The molecule has 6 aromatic rings. The maximum atomic E-state index is 8.91. The van der Waals surface area contributed by atoms with Crippen molar-refractivity contribution in [3.05, 3.63) is 164 Å². The fraction of sp³-hybridized carbons (Fsp3) is 0.217. The molecule has 2 aromatic heterocycles. The first-order chi connectivity index (χ1) is 25.8. The molecule has 8 heteroatoms. The van der Waals surface area contributed by atoms with E-state index in [2.05, 4.69) is 99.8 Å². The summed E-state index contributed by atoms with van der Waals surface area (Å²) < 4.78 is 12.5. The molecular weight excluding hydrogens is 846 g/mol. The van der Waals surface area contributed by atoms with Crippen LogP contribution in [0.2, 0.25) is 23.1 Å². The van der Waals surface area contributed by atoms with Crippen LogP contribution in [-0.2, 0) is 27.9 Å². The molecular formula is C46H42Cl4O2SiZr. The zero-order chi connectivity index (χ0) is 38.1. The number of furan rings is 2. The van der Waals surface area contributed by atoms with Crippen molar-refractivity contribution >= 4 is 69.0 Å². The number of aryl methyl sites for hydroxylation is 4. The normalized spacial score (nSPS) is 16.6. The summed E-state index contributed by atoms with van der Waals surface area (Å²) in [6.45, 7) is 13.1. The molecule has 0 radical (unpaired) electrons. The number of fused-ring (bicyclic) bond motifs is 2. The van der Waals surface area contributed by atoms with Gasteiger partial charge in [0, 0.05) is 0 Å². The van der Waals surface area contributed by atoms with Gasteiger partial charge in [-0.15, -0.1) is 0 Å². The first kappa shape index (κ1) is 38.1. The summed E-state index contributed by atoms with van der Waals surface area (Å²) in [6.07, 6.45) is 6.38. The molecule has 0 bridgehead atoms. The molecule has 0 spiro atoms. The standard InChI is InChI=1S/2C22H18ClO.C2H6Si.2ClH.Zr/c2*1-3-15-8-9-16-11-18(21-10-7-14(2)24-21)13-20(16)22(15)17-5-4-6-19(23)12-17;1-3-2;;;/h2*4-13H,3H2,1-2H3;1-2H3;2*1H;/q;;;;;+2/p-2. The van der Waals surface area contributed by atoms with Gasteiger partial charge in [0.1, 0.15) is 0 Å². The van der Waals surface area contributed by atoms with E-state index in [1.165, 1.54) is 22.3 Å². The second-order valence-electron chi connectivity index (χ2n) is 15.0. The van der Waals surface area contributed by atoms with Crippen molar-refractivity contribution in [2.45, 2.75) is 60.9 Å². The third-order valence-electron chi connectivity index (χ3n) is 11.6. The molecule has 2 heterocycles. The van der Waals surface area contributed by atoms with Gasteiger partial charge in [-0.2, -0.15) is 0 Å². The zero-order valence-corrected chi connectivity index (χ0v) is 37.8. The van der Waals surface area contributed by atoms with Gasteiger partial charge in [-0.1, -0.05) is 0 Å². The molecule has 0 aliphatic heterocycles. The summed E-state index contributed by atoms with van der Waals surface area (Å²) in [6, 6.07) is 33.7. The van der Waals surface area contributed by atoms with Crippen molar-refractivity contribution in [2.24, 2.45) is 0 Å².